The van der Waals surface area contributed by atoms with Crippen LogP contribution in [0.5, 0.6) is 0 Å². The molecule has 0 aliphatic carbocycles. The first-order valence-corrected chi connectivity index (χ1v) is 14.2. The van der Waals surface area contributed by atoms with E-state index in [-0.39, 0.29) is 50.7 Å². The van der Waals surface area contributed by atoms with E-state index in [0.29, 0.717) is 22.5 Å². The van der Waals surface area contributed by atoms with E-state index in [2.05, 4.69) is 0 Å². The van der Waals surface area contributed by atoms with Gasteiger partial charge in [0, 0.05) is 48.9 Å². The zero-order valence-electron chi connectivity index (χ0n) is 21.1. The van der Waals surface area contributed by atoms with Crippen molar-refractivity contribution in [2.45, 2.75) is 25.2 Å². The second kappa shape index (κ2) is 10.5. The van der Waals surface area contributed by atoms with Gasteiger partial charge in [-0.25, -0.2) is 13.2 Å². The first kappa shape index (κ1) is 27.0. The molecule has 6 nitrogen and oxygen atoms in total. The number of carbonyl (C=O) groups excluding carboxylic acids is 1. The minimum Gasteiger partial charge on any atom is -0.460 e. The Kier molecular flexibility index (Phi) is 7.26. The minimum absolute atomic E-state index is 0.0172. The highest BCUT2D eigenvalue weighted by Gasteiger charge is 2.35. The van der Waals surface area contributed by atoms with Gasteiger partial charge >= 0.3 is 0 Å². The van der Waals surface area contributed by atoms with Crippen LogP contribution in [-0.4, -0.2) is 51.1 Å². The summed E-state index contributed by atoms with van der Waals surface area (Å²) >= 11 is 0. The van der Waals surface area contributed by atoms with Crippen LogP contribution >= 0.6 is 0 Å². The number of furan rings is 1. The fraction of sp³-hybridized carbons (Fsp3) is 0.276. The molecular formula is C29H26F3NO5S. The Hall–Kier alpha value is -3.63. The van der Waals surface area contributed by atoms with Gasteiger partial charge in [0.05, 0.1) is 12.9 Å². The predicted molar refractivity (Wildman–Crippen MR) is 142 cm³/mol. The van der Waals surface area contributed by atoms with Crippen LogP contribution in [0.2, 0.25) is 0 Å². The number of hydrogen-bond acceptors (Lipinski definition) is 5. The maximum absolute atomic E-state index is 13.6. The lowest BCUT2D eigenvalue weighted by Crippen LogP contribution is -2.42. The van der Waals surface area contributed by atoms with Gasteiger partial charge < -0.3 is 9.32 Å². The molecule has 10 heteroatoms. The van der Waals surface area contributed by atoms with Crippen molar-refractivity contribution in [3.05, 3.63) is 83.9 Å². The quantitative estimate of drug-likeness (QED) is 0.250. The molecule has 0 radical (unpaired) electrons. The number of fused-ring (bicyclic) bond motifs is 1. The van der Waals surface area contributed by atoms with Crippen molar-refractivity contribution in [1.82, 2.24) is 4.90 Å². The molecule has 0 N–H and O–H groups in total. The Balaban J connectivity index is 1.46. The molecule has 0 unspecified atom stereocenters. The van der Waals surface area contributed by atoms with Gasteiger partial charge in [0.2, 0.25) is 0 Å². The maximum Gasteiger partial charge on any atom is 0.264 e. The molecular weight excluding hydrogens is 531 g/mol. The summed E-state index contributed by atoms with van der Waals surface area (Å²) in [7, 11) is -3.58. The molecule has 1 saturated heterocycles. The first-order chi connectivity index (χ1) is 18.5. The molecule has 1 aliphatic rings. The van der Waals surface area contributed by atoms with Crippen molar-refractivity contribution in [3.8, 4) is 22.3 Å². The second-order valence-corrected chi connectivity index (χ2v) is 11.3. The lowest BCUT2D eigenvalue weighted by Gasteiger charge is -2.31. The number of benzene rings is 3. The number of nitrogens with zero attached hydrogens (tertiary/aromatic N) is 1. The zero-order valence-corrected chi connectivity index (χ0v) is 21.9. The molecule has 5 rings (SSSR count). The number of amides is 1. The molecule has 1 fully saturated rings. The van der Waals surface area contributed by atoms with E-state index in [1.165, 1.54) is 17.0 Å². The van der Waals surface area contributed by atoms with Crippen molar-refractivity contribution < 1.29 is 35.0 Å². The summed E-state index contributed by atoms with van der Waals surface area (Å²) < 4.78 is 74.1. The number of piperidine rings is 1. The molecule has 39 heavy (non-hydrogen) atoms. The third kappa shape index (κ3) is 6.34. The van der Waals surface area contributed by atoms with Gasteiger partial charge in [-0.2, -0.15) is 8.42 Å². The lowest BCUT2D eigenvalue weighted by atomic mass is 9.96. The Bertz CT molecular complexity index is 1600. The van der Waals surface area contributed by atoms with E-state index in [9.17, 15) is 26.4 Å². The molecule has 2 heterocycles. The van der Waals surface area contributed by atoms with Gasteiger partial charge in [0.1, 0.15) is 17.2 Å². The van der Waals surface area contributed by atoms with Crippen molar-refractivity contribution in [3.63, 3.8) is 0 Å². The minimum atomic E-state index is -3.58. The van der Waals surface area contributed by atoms with Gasteiger partial charge in [0.25, 0.3) is 21.9 Å². The summed E-state index contributed by atoms with van der Waals surface area (Å²) in [4.78, 5) is 14.3. The maximum atomic E-state index is 13.6. The molecule has 0 atom stereocenters. The molecule has 0 saturated carbocycles. The fourth-order valence-electron chi connectivity index (χ4n) is 4.66. The smallest absolute Gasteiger partial charge is 0.264 e. The van der Waals surface area contributed by atoms with Crippen LogP contribution in [0.15, 0.2) is 71.1 Å². The summed E-state index contributed by atoms with van der Waals surface area (Å²) in [5, 5.41) is 0.760. The highest BCUT2D eigenvalue weighted by Crippen LogP contribution is 2.36. The third-order valence-electron chi connectivity index (χ3n) is 6.72. The summed E-state index contributed by atoms with van der Waals surface area (Å²) in [5.74, 6) is -2.85. The van der Waals surface area contributed by atoms with Gasteiger partial charge in [-0.3, -0.25) is 8.98 Å². The van der Waals surface area contributed by atoms with Crippen molar-refractivity contribution in [2.24, 2.45) is 0 Å². The van der Waals surface area contributed by atoms with Crippen LogP contribution in [-0.2, 0) is 20.7 Å². The largest absolute Gasteiger partial charge is 0.460 e. The lowest BCUT2D eigenvalue weighted by molar-refractivity contribution is -0.0494. The zero-order chi connectivity index (χ0) is 27.8. The normalized spacial score (nSPS) is 15.5. The van der Waals surface area contributed by atoms with E-state index >= 15 is 0 Å². The summed E-state index contributed by atoms with van der Waals surface area (Å²) in [6.07, 6.45) is 0.541. The monoisotopic (exact) mass is 557 g/mol. The van der Waals surface area contributed by atoms with Crippen molar-refractivity contribution in [1.29, 1.82) is 0 Å². The van der Waals surface area contributed by atoms with Gasteiger partial charge in [-0.05, 0) is 59.2 Å². The van der Waals surface area contributed by atoms with Crippen LogP contribution in [0.3, 0.4) is 0 Å². The average Bonchev–Trinajstić information content (AvgIpc) is 3.30. The summed E-state index contributed by atoms with van der Waals surface area (Å²) in [5.41, 5.74) is 4.05. The number of alkyl halides is 2. The number of rotatable bonds is 7. The van der Waals surface area contributed by atoms with Gasteiger partial charge in [0.15, 0.2) is 0 Å². The Morgan fingerprint density at radius 3 is 2.23 bits per heavy atom. The van der Waals surface area contributed by atoms with E-state index in [0.717, 1.165) is 28.3 Å². The molecule has 1 amide bonds. The van der Waals surface area contributed by atoms with Crippen LogP contribution in [0, 0.1) is 5.82 Å². The molecule has 204 valence electrons. The highest BCUT2D eigenvalue weighted by atomic mass is 32.2. The van der Waals surface area contributed by atoms with Gasteiger partial charge in [-0.1, -0.05) is 24.3 Å². The van der Waals surface area contributed by atoms with Crippen molar-refractivity contribution in [2.75, 3.05) is 26.0 Å². The Labute approximate surface area is 224 Å². The molecule has 4 aromatic rings. The van der Waals surface area contributed by atoms with Gasteiger partial charge in [-0.15, -0.1) is 0 Å². The van der Waals surface area contributed by atoms with Crippen LogP contribution in [0.25, 0.3) is 33.2 Å². The average molecular weight is 558 g/mol. The van der Waals surface area contributed by atoms with E-state index in [4.69, 9.17) is 8.60 Å². The SMILES string of the molecule is CS(=O)(=O)OCCc1cc2cc(-c3ccc(C(=O)N4CCC(F)(F)CC4)cc3)cc(-c3ccc(F)cc3)c2o1. The molecule has 0 bridgehead atoms. The van der Waals surface area contributed by atoms with Crippen molar-refractivity contribution >= 4 is 27.0 Å². The number of likely N-dealkylation sites (tertiary alicyclic amines) is 1. The number of carbonyl (C=O) groups is 1. The summed E-state index contributed by atoms with van der Waals surface area (Å²) in [6.45, 7) is -0.0335. The Morgan fingerprint density at radius 1 is 0.949 bits per heavy atom. The fourth-order valence-corrected chi connectivity index (χ4v) is 5.04. The summed E-state index contributed by atoms with van der Waals surface area (Å²) in [6, 6.07) is 18.6. The third-order valence-corrected chi connectivity index (χ3v) is 7.31. The molecule has 1 aliphatic heterocycles. The first-order valence-electron chi connectivity index (χ1n) is 12.4. The highest BCUT2D eigenvalue weighted by molar-refractivity contribution is 7.85. The van der Waals surface area contributed by atoms with Crippen LogP contribution in [0.1, 0.15) is 29.0 Å². The second-order valence-electron chi connectivity index (χ2n) is 9.66. The topological polar surface area (TPSA) is 76.8 Å². The van der Waals surface area contributed by atoms with E-state index in [1.807, 2.05) is 18.2 Å². The Morgan fingerprint density at radius 2 is 1.59 bits per heavy atom. The molecule has 3 aromatic carbocycles. The number of hydrogen-bond donors (Lipinski definition) is 0. The predicted octanol–water partition coefficient (Wildman–Crippen LogP) is 6.30. The van der Waals surface area contributed by atoms with E-state index in [1.54, 1.807) is 36.4 Å². The molecule has 0 spiro atoms. The van der Waals surface area contributed by atoms with E-state index < -0.39 is 16.0 Å². The van der Waals surface area contributed by atoms with Crippen LogP contribution in [0.4, 0.5) is 13.2 Å². The number of halogens is 3. The van der Waals surface area contributed by atoms with Crippen LogP contribution < -0.4 is 0 Å². The molecule has 1 aromatic heterocycles. The standard InChI is InChI=1S/C29H26F3NO5S/c1-39(35,36)37-15-10-25-17-23-16-22(18-26(27(23)38-25)20-6-8-24(30)9-7-20)19-2-4-21(5-3-19)28(34)33-13-11-29(31,32)12-14-33/h2-9,16-18H,10-15H2,1H3.